The van der Waals surface area contributed by atoms with Gasteiger partial charge in [0.1, 0.15) is 6.07 Å². The van der Waals surface area contributed by atoms with E-state index in [9.17, 15) is 5.26 Å². The Balaban J connectivity index is 2.44. The lowest BCUT2D eigenvalue weighted by Gasteiger charge is -2.03. The molecule has 2 aromatic rings. The highest BCUT2D eigenvalue weighted by atomic mass is 35.5. The number of aryl methyl sites for hydroxylation is 1. The summed E-state index contributed by atoms with van der Waals surface area (Å²) < 4.78 is 0. The highest BCUT2D eigenvalue weighted by molar-refractivity contribution is 7.11. The summed E-state index contributed by atoms with van der Waals surface area (Å²) in [6.45, 7) is 2.11. The molecule has 1 nitrogen and oxygen atoms in total. The molecule has 0 unspecified atom stereocenters. The maximum atomic E-state index is 9.24. The summed E-state index contributed by atoms with van der Waals surface area (Å²) >= 11 is 7.84. The zero-order chi connectivity index (χ0) is 13.0. The van der Waals surface area contributed by atoms with Crippen LogP contribution < -0.4 is 0 Å². The summed E-state index contributed by atoms with van der Waals surface area (Å²) in [6, 6.07) is 14.0. The molecule has 90 valence electrons. The van der Waals surface area contributed by atoms with E-state index >= 15 is 0 Å². The van der Waals surface area contributed by atoms with Crippen LogP contribution in [0.25, 0.3) is 10.6 Å². The van der Waals surface area contributed by atoms with Crippen LogP contribution in [-0.4, -0.2) is 0 Å². The van der Waals surface area contributed by atoms with Crippen molar-refractivity contribution in [2.24, 2.45) is 0 Å². The molecule has 0 aliphatic rings. The van der Waals surface area contributed by atoms with Crippen LogP contribution >= 0.6 is 22.9 Å². The van der Waals surface area contributed by atoms with Gasteiger partial charge in [0.05, 0.1) is 10.6 Å². The van der Waals surface area contributed by atoms with Gasteiger partial charge in [-0.2, -0.15) is 5.26 Å². The first kappa shape index (κ1) is 12.9. The van der Waals surface area contributed by atoms with Crippen LogP contribution in [0.1, 0.15) is 22.9 Å². The Kier molecular flexibility index (Phi) is 4.19. The molecule has 3 heteroatoms. The number of thiophene rings is 1. The second-order valence-electron chi connectivity index (χ2n) is 3.83. The molecule has 0 aliphatic carbocycles. The van der Waals surface area contributed by atoms with Crippen molar-refractivity contribution in [3.05, 3.63) is 57.8 Å². The number of benzene rings is 1. The van der Waals surface area contributed by atoms with E-state index in [2.05, 4.69) is 13.0 Å². The average Bonchev–Trinajstić information content (AvgIpc) is 2.93. The van der Waals surface area contributed by atoms with Crippen molar-refractivity contribution < 1.29 is 0 Å². The van der Waals surface area contributed by atoms with Gasteiger partial charge in [0.2, 0.25) is 0 Å². The number of nitrogens with zero attached hydrogens (tertiary/aromatic N) is 1. The predicted molar refractivity (Wildman–Crippen MR) is 78.4 cm³/mol. The van der Waals surface area contributed by atoms with Crippen LogP contribution in [0.5, 0.6) is 0 Å². The first-order valence-electron chi connectivity index (χ1n) is 5.69. The van der Waals surface area contributed by atoms with E-state index in [1.54, 1.807) is 0 Å². The summed E-state index contributed by atoms with van der Waals surface area (Å²) in [6.07, 6.45) is 0.998. The van der Waals surface area contributed by atoms with Gasteiger partial charge in [-0.1, -0.05) is 48.9 Å². The largest absolute Gasteiger partial charge is 0.192 e. The maximum Gasteiger partial charge on any atom is 0.102 e. The first-order chi connectivity index (χ1) is 8.76. The Bertz CT molecular complexity index is 588. The molecule has 18 heavy (non-hydrogen) atoms. The fourth-order valence-corrected chi connectivity index (χ4v) is 2.72. The lowest BCUT2D eigenvalue weighted by atomic mass is 10.1. The fourth-order valence-electron chi connectivity index (χ4n) is 1.66. The van der Waals surface area contributed by atoms with Gasteiger partial charge >= 0.3 is 0 Å². The van der Waals surface area contributed by atoms with Crippen molar-refractivity contribution in [1.29, 1.82) is 5.26 Å². The van der Waals surface area contributed by atoms with Gasteiger partial charge in [-0.25, -0.2) is 0 Å². The molecule has 0 fully saturated rings. The van der Waals surface area contributed by atoms with E-state index in [4.69, 9.17) is 11.6 Å². The molecule has 0 radical (unpaired) electrons. The van der Waals surface area contributed by atoms with Crippen molar-refractivity contribution in [2.75, 3.05) is 0 Å². The number of hydrogen-bond acceptors (Lipinski definition) is 2. The Morgan fingerprint density at radius 1 is 1.28 bits per heavy atom. The molecule has 0 amide bonds. The SMILES string of the molecule is CCc1ccc(/C(Cl)=C(/C#N)c2cccs2)cc1. The minimum atomic E-state index is 0.516. The zero-order valence-electron chi connectivity index (χ0n) is 9.98. The number of halogens is 1. The monoisotopic (exact) mass is 273 g/mol. The molecular weight excluding hydrogens is 262 g/mol. The second kappa shape index (κ2) is 5.86. The van der Waals surface area contributed by atoms with E-state index in [1.807, 2.05) is 41.8 Å². The van der Waals surface area contributed by atoms with E-state index in [1.165, 1.54) is 16.9 Å². The van der Waals surface area contributed by atoms with Crippen LogP contribution in [0.15, 0.2) is 41.8 Å². The van der Waals surface area contributed by atoms with E-state index in [0.717, 1.165) is 16.9 Å². The molecule has 0 bridgehead atoms. The summed E-state index contributed by atoms with van der Waals surface area (Å²) in [5.74, 6) is 0. The van der Waals surface area contributed by atoms with Crippen molar-refractivity contribution in [3.63, 3.8) is 0 Å². The van der Waals surface area contributed by atoms with Crippen molar-refractivity contribution in [3.8, 4) is 6.07 Å². The van der Waals surface area contributed by atoms with Crippen LogP contribution in [0.2, 0.25) is 0 Å². The molecule has 2 rings (SSSR count). The lowest BCUT2D eigenvalue weighted by molar-refractivity contribution is 1.14. The summed E-state index contributed by atoms with van der Waals surface area (Å²) in [4.78, 5) is 0.905. The molecule has 0 spiro atoms. The van der Waals surface area contributed by atoms with Gasteiger partial charge in [0.25, 0.3) is 0 Å². The topological polar surface area (TPSA) is 23.8 Å². The molecule has 0 N–H and O–H groups in total. The van der Waals surface area contributed by atoms with Crippen LogP contribution in [0.4, 0.5) is 0 Å². The molecule has 1 aromatic carbocycles. The van der Waals surface area contributed by atoms with E-state index < -0.39 is 0 Å². The number of allylic oxidation sites excluding steroid dienone is 1. The van der Waals surface area contributed by atoms with Crippen molar-refractivity contribution in [2.45, 2.75) is 13.3 Å². The Morgan fingerprint density at radius 2 is 2.00 bits per heavy atom. The highest BCUT2D eigenvalue weighted by Gasteiger charge is 2.10. The van der Waals surface area contributed by atoms with Crippen LogP contribution in [0, 0.1) is 11.3 Å². The van der Waals surface area contributed by atoms with Gasteiger partial charge < -0.3 is 0 Å². The number of hydrogen-bond donors (Lipinski definition) is 0. The third-order valence-electron chi connectivity index (χ3n) is 2.71. The second-order valence-corrected chi connectivity index (χ2v) is 5.15. The first-order valence-corrected chi connectivity index (χ1v) is 6.95. The Morgan fingerprint density at radius 3 is 2.50 bits per heavy atom. The third kappa shape index (κ3) is 2.64. The molecular formula is C15H12ClNS. The molecule has 1 heterocycles. The average molecular weight is 274 g/mol. The Hall–Kier alpha value is -1.56. The van der Waals surface area contributed by atoms with E-state index in [-0.39, 0.29) is 0 Å². The molecule has 0 saturated carbocycles. The number of rotatable bonds is 3. The zero-order valence-corrected chi connectivity index (χ0v) is 11.6. The molecule has 0 aliphatic heterocycles. The number of nitriles is 1. The summed E-state index contributed by atoms with van der Waals surface area (Å²) in [5, 5.41) is 11.7. The minimum Gasteiger partial charge on any atom is -0.192 e. The summed E-state index contributed by atoms with van der Waals surface area (Å²) in [7, 11) is 0. The third-order valence-corrected chi connectivity index (χ3v) is 4.01. The highest BCUT2D eigenvalue weighted by Crippen LogP contribution is 2.31. The predicted octanol–water partition coefficient (Wildman–Crippen LogP) is 4.94. The van der Waals surface area contributed by atoms with Gasteiger partial charge in [-0.3, -0.25) is 0 Å². The summed E-state index contributed by atoms with van der Waals surface area (Å²) in [5.41, 5.74) is 2.69. The normalized spacial score (nSPS) is 11.8. The quantitative estimate of drug-likeness (QED) is 0.727. The van der Waals surface area contributed by atoms with Crippen LogP contribution in [-0.2, 0) is 6.42 Å². The van der Waals surface area contributed by atoms with Crippen molar-refractivity contribution in [1.82, 2.24) is 0 Å². The molecule has 0 saturated heterocycles. The fraction of sp³-hybridized carbons (Fsp3) is 0.133. The maximum absolute atomic E-state index is 9.24. The van der Waals surface area contributed by atoms with Crippen molar-refractivity contribution >= 4 is 33.5 Å². The Labute approximate surface area is 116 Å². The van der Waals surface area contributed by atoms with Gasteiger partial charge in [-0.15, -0.1) is 11.3 Å². The van der Waals surface area contributed by atoms with Gasteiger partial charge in [0, 0.05) is 4.88 Å². The smallest absolute Gasteiger partial charge is 0.102 e. The lowest BCUT2D eigenvalue weighted by Crippen LogP contribution is -1.85. The van der Waals surface area contributed by atoms with Crippen LogP contribution in [0.3, 0.4) is 0 Å². The molecule has 0 atom stereocenters. The van der Waals surface area contributed by atoms with E-state index in [0.29, 0.717) is 10.6 Å². The standard InChI is InChI=1S/C15H12ClNS/c1-2-11-5-7-12(8-6-11)15(16)13(10-17)14-4-3-9-18-14/h3-9H,2H2,1H3/b15-13+. The van der Waals surface area contributed by atoms with Gasteiger partial charge in [0.15, 0.2) is 0 Å². The van der Waals surface area contributed by atoms with Gasteiger partial charge in [-0.05, 0) is 29.0 Å². The molecule has 1 aromatic heterocycles. The minimum absolute atomic E-state index is 0.516.